The molecule has 1 aliphatic carbocycles. The number of fused-ring (bicyclic) bond motifs is 1. The van der Waals surface area contributed by atoms with Crippen LogP contribution in [0.3, 0.4) is 0 Å². The van der Waals surface area contributed by atoms with Gasteiger partial charge in [-0.2, -0.15) is 0 Å². The molecule has 0 saturated carbocycles. The smallest absolute Gasteiger partial charge is 0.225 e. The van der Waals surface area contributed by atoms with Gasteiger partial charge in [0.25, 0.3) is 0 Å². The molecule has 0 radical (unpaired) electrons. The van der Waals surface area contributed by atoms with Crippen LogP contribution >= 0.6 is 0 Å². The van der Waals surface area contributed by atoms with E-state index in [0.29, 0.717) is 19.5 Å². The first kappa shape index (κ1) is 17.6. The van der Waals surface area contributed by atoms with Crippen LogP contribution in [0.2, 0.25) is 0 Å². The summed E-state index contributed by atoms with van der Waals surface area (Å²) in [5, 5.41) is 13.2. The molecule has 0 bridgehead atoms. The molecule has 3 rings (SSSR count). The van der Waals surface area contributed by atoms with Crippen LogP contribution in [0, 0.1) is 0 Å². The number of carbonyl (C=O) groups excluding carboxylic acids is 1. The van der Waals surface area contributed by atoms with Crippen LogP contribution in [0.25, 0.3) is 0 Å². The lowest BCUT2D eigenvalue weighted by molar-refractivity contribution is -0.116. The van der Waals surface area contributed by atoms with E-state index in [9.17, 15) is 9.90 Å². The number of benzene rings is 2. The molecule has 4 nitrogen and oxygen atoms in total. The minimum Gasteiger partial charge on any atom is -0.387 e. The molecule has 0 aromatic heterocycles. The summed E-state index contributed by atoms with van der Waals surface area (Å²) in [6.45, 7) is 1.12. The molecule has 1 atom stereocenters. The van der Waals surface area contributed by atoms with E-state index < -0.39 is 6.10 Å². The number of carbonyl (C=O) groups is 1. The van der Waals surface area contributed by atoms with Gasteiger partial charge in [-0.25, -0.2) is 0 Å². The predicted octanol–water partition coefficient (Wildman–Crippen LogP) is 3.17. The molecular weight excluding hydrogens is 312 g/mol. The summed E-state index contributed by atoms with van der Waals surface area (Å²) in [6, 6.07) is 15.8. The SMILES string of the molecule is CN(CCC(=O)Nc1ccc2c(c1)CCC2)CC(O)c1ccccc1. The first-order valence-electron chi connectivity index (χ1n) is 8.95. The van der Waals surface area contributed by atoms with Crippen LogP contribution in [-0.2, 0) is 17.6 Å². The number of anilines is 1. The highest BCUT2D eigenvalue weighted by atomic mass is 16.3. The van der Waals surface area contributed by atoms with Gasteiger partial charge in [-0.3, -0.25) is 4.79 Å². The van der Waals surface area contributed by atoms with Crippen LogP contribution in [-0.4, -0.2) is 36.1 Å². The Balaban J connectivity index is 1.44. The molecule has 0 fully saturated rings. The Morgan fingerprint density at radius 2 is 1.92 bits per heavy atom. The van der Waals surface area contributed by atoms with Crippen LogP contribution in [0.1, 0.15) is 35.6 Å². The summed E-state index contributed by atoms with van der Waals surface area (Å²) in [7, 11) is 1.93. The Bertz CT molecular complexity index is 715. The summed E-state index contributed by atoms with van der Waals surface area (Å²) in [4.78, 5) is 14.2. The van der Waals surface area contributed by atoms with Gasteiger partial charge in [-0.1, -0.05) is 36.4 Å². The lowest BCUT2D eigenvalue weighted by Gasteiger charge is -2.20. The average molecular weight is 338 g/mol. The fraction of sp³-hybridized carbons (Fsp3) is 0.381. The van der Waals surface area contributed by atoms with Crippen LogP contribution in [0.4, 0.5) is 5.69 Å². The molecule has 0 aliphatic heterocycles. The van der Waals surface area contributed by atoms with E-state index in [-0.39, 0.29) is 5.91 Å². The van der Waals surface area contributed by atoms with Crippen molar-refractivity contribution in [2.45, 2.75) is 31.8 Å². The molecule has 2 aromatic carbocycles. The van der Waals surface area contributed by atoms with Crippen LogP contribution in [0.5, 0.6) is 0 Å². The molecular formula is C21H26N2O2. The van der Waals surface area contributed by atoms with Crippen LogP contribution in [0.15, 0.2) is 48.5 Å². The van der Waals surface area contributed by atoms with Gasteiger partial charge in [-0.05, 0) is 55.1 Å². The normalized spacial score (nSPS) is 14.4. The second-order valence-corrected chi connectivity index (χ2v) is 6.82. The van der Waals surface area contributed by atoms with E-state index in [4.69, 9.17) is 0 Å². The minimum atomic E-state index is -0.536. The molecule has 1 unspecified atom stereocenters. The Morgan fingerprint density at radius 3 is 2.72 bits per heavy atom. The average Bonchev–Trinajstić information content (AvgIpc) is 3.08. The van der Waals surface area contributed by atoms with Gasteiger partial charge in [0.05, 0.1) is 6.10 Å². The Kier molecular flexibility index (Phi) is 5.84. The van der Waals surface area contributed by atoms with Crippen molar-refractivity contribution >= 4 is 11.6 Å². The van der Waals surface area contributed by atoms with Gasteiger partial charge in [0.1, 0.15) is 0 Å². The molecule has 132 valence electrons. The van der Waals surface area contributed by atoms with Crippen molar-refractivity contribution in [3.63, 3.8) is 0 Å². The van der Waals surface area contributed by atoms with E-state index in [2.05, 4.69) is 17.4 Å². The highest BCUT2D eigenvalue weighted by Crippen LogP contribution is 2.24. The molecule has 25 heavy (non-hydrogen) atoms. The third-order valence-corrected chi connectivity index (χ3v) is 4.77. The van der Waals surface area contributed by atoms with Crippen molar-refractivity contribution in [1.82, 2.24) is 4.90 Å². The van der Waals surface area contributed by atoms with E-state index in [0.717, 1.165) is 24.1 Å². The number of likely N-dealkylation sites (N-methyl/N-ethyl adjacent to an activating group) is 1. The molecule has 2 N–H and O–H groups in total. The fourth-order valence-electron chi connectivity index (χ4n) is 3.33. The highest BCUT2D eigenvalue weighted by Gasteiger charge is 2.13. The summed E-state index contributed by atoms with van der Waals surface area (Å²) in [6.07, 6.45) is 3.35. The van der Waals surface area contributed by atoms with E-state index in [1.165, 1.54) is 17.5 Å². The van der Waals surface area contributed by atoms with Gasteiger partial charge in [0, 0.05) is 25.2 Å². The van der Waals surface area contributed by atoms with Gasteiger partial charge in [0.2, 0.25) is 5.91 Å². The van der Waals surface area contributed by atoms with E-state index in [1.807, 2.05) is 48.3 Å². The Morgan fingerprint density at radius 1 is 1.16 bits per heavy atom. The second-order valence-electron chi connectivity index (χ2n) is 6.82. The van der Waals surface area contributed by atoms with Crippen molar-refractivity contribution in [2.75, 3.05) is 25.5 Å². The topological polar surface area (TPSA) is 52.6 Å². The Hall–Kier alpha value is -2.17. The lowest BCUT2D eigenvalue weighted by atomic mass is 10.1. The Labute approximate surface area is 149 Å². The molecule has 1 aliphatic rings. The molecule has 1 amide bonds. The first-order valence-corrected chi connectivity index (χ1v) is 8.95. The molecule has 0 saturated heterocycles. The number of nitrogens with zero attached hydrogens (tertiary/aromatic N) is 1. The van der Waals surface area contributed by atoms with Crippen molar-refractivity contribution in [2.24, 2.45) is 0 Å². The number of amides is 1. The third-order valence-electron chi connectivity index (χ3n) is 4.77. The second kappa shape index (κ2) is 8.28. The maximum atomic E-state index is 12.2. The van der Waals surface area contributed by atoms with Gasteiger partial charge in [0.15, 0.2) is 0 Å². The van der Waals surface area contributed by atoms with Gasteiger partial charge < -0.3 is 15.3 Å². The zero-order valence-electron chi connectivity index (χ0n) is 14.7. The number of nitrogens with one attached hydrogen (secondary N) is 1. The first-order chi connectivity index (χ1) is 12.1. The summed E-state index contributed by atoms with van der Waals surface area (Å²) in [5.41, 5.74) is 4.56. The number of rotatable bonds is 7. The molecule has 2 aromatic rings. The third kappa shape index (κ3) is 4.91. The zero-order valence-corrected chi connectivity index (χ0v) is 14.7. The number of hydrogen-bond acceptors (Lipinski definition) is 3. The van der Waals surface area contributed by atoms with Crippen molar-refractivity contribution < 1.29 is 9.90 Å². The maximum Gasteiger partial charge on any atom is 0.225 e. The standard InChI is InChI=1S/C21H26N2O2/c1-23(15-20(24)17-6-3-2-4-7-17)13-12-21(25)22-19-11-10-16-8-5-9-18(16)14-19/h2-4,6-7,10-11,14,20,24H,5,8-9,12-13,15H2,1H3,(H,22,25). The van der Waals surface area contributed by atoms with Gasteiger partial charge >= 0.3 is 0 Å². The van der Waals surface area contributed by atoms with Gasteiger partial charge in [-0.15, -0.1) is 0 Å². The number of hydrogen-bond donors (Lipinski definition) is 2. The monoisotopic (exact) mass is 338 g/mol. The largest absolute Gasteiger partial charge is 0.387 e. The fourth-order valence-corrected chi connectivity index (χ4v) is 3.33. The van der Waals surface area contributed by atoms with Crippen LogP contribution < -0.4 is 5.32 Å². The van der Waals surface area contributed by atoms with E-state index >= 15 is 0 Å². The van der Waals surface area contributed by atoms with Crippen molar-refractivity contribution in [3.8, 4) is 0 Å². The molecule has 0 spiro atoms. The number of aliphatic hydroxyl groups excluding tert-OH is 1. The summed E-state index contributed by atoms with van der Waals surface area (Å²) in [5.74, 6) is 0.0130. The maximum absolute atomic E-state index is 12.2. The predicted molar refractivity (Wildman–Crippen MR) is 101 cm³/mol. The van der Waals surface area contributed by atoms with Crippen molar-refractivity contribution in [1.29, 1.82) is 0 Å². The zero-order chi connectivity index (χ0) is 17.6. The van der Waals surface area contributed by atoms with Crippen molar-refractivity contribution in [3.05, 3.63) is 65.2 Å². The number of aliphatic hydroxyl groups is 1. The highest BCUT2D eigenvalue weighted by molar-refractivity contribution is 5.91. The minimum absolute atomic E-state index is 0.0130. The quantitative estimate of drug-likeness (QED) is 0.815. The molecule has 4 heteroatoms. The van der Waals surface area contributed by atoms with E-state index in [1.54, 1.807) is 0 Å². The number of aryl methyl sites for hydroxylation is 2. The summed E-state index contributed by atoms with van der Waals surface area (Å²) >= 11 is 0. The lowest BCUT2D eigenvalue weighted by Crippen LogP contribution is -2.28. The summed E-state index contributed by atoms with van der Waals surface area (Å²) < 4.78 is 0. The molecule has 0 heterocycles.